The zero-order chi connectivity index (χ0) is 17.3. The molecule has 124 valence electrons. The number of hydrogen-bond donors (Lipinski definition) is 1. The number of furan rings is 1. The van der Waals surface area contributed by atoms with E-state index in [2.05, 4.69) is 31.3 Å². The first-order valence-corrected chi connectivity index (χ1v) is 9.03. The number of amides is 1. The smallest absolute Gasteiger partial charge is 0.291 e. The van der Waals surface area contributed by atoms with Crippen LogP contribution in [-0.4, -0.2) is 11.7 Å². The van der Waals surface area contributed by atoms with E-state index >= 15 is 0 Å². The standard InChI is InChI=1S/C20H21NO2S/c1-5-24-17-9-7-6-8-16(17)21-20(22)19-14(4)15-11-12(2)10-13(3)18(15)23-19/h6-11H,5H2,1-4H3,(H,21,22). The van der Waals surface area contributed by atoms with Crippen LogP contribution in [0.2, 0.25) is 0 Å². The molecule has 3 rings (SSSR count). The Kier molecular flexibility index (Phi) is 4.67. The van der Waals surface area contributed by atoms with Crippen molar-refractivity contribution < 1.29 is 9.21 Å². The van der Waals surface area contributed by atoms with Crippen LogP contribution in [0.4, 0.5) is 5.69 Å². The van der Waals surface area contributed by atoms with Crippen molar-refractivity contribution in [3.8, 4) is 0 Å². The Balaban J connectivity index is 1.98. The van der Waals surface area contributed by atoms with Crippen molar-refractivity contribution in [2.75, 3.05) is 11.1 Å². The van der Waals surface area contributed by atoms with Crippen molar-refractivity contribution in [1.82, 2.24) is 0 Å². The third-order valence-electron chi connectivity index (χ3n) is 4.01. The van der Waals surface area contributed by atoms with Gasteiger partial charge in [0.1, 0.15) is 5.58 Å². The maximum absolute atomic E-state index is 12.7. The summed E-state index contributed by atoms with van der Waals surface area (Å²) in [5, 5.41) is 4.00. The Morgan fingerprint density at radius 3 is 2.67 bits per heavy atom. The zero-order valence-corrected chi connectivity index (χ0v) is 15.2. The van der Waals surface area contributed by atoms with E-state index in [9.17, 15) is 4.79 Å². The van der Waals surface area contributed by atoms with Gasteiger partial charge in [0.05, 0.1) is 5.69 Å². The predicted molar refractivity (Wildman–Crippen MR) is 101 cm³/mol. The first kappa shape index (κ1) is 16.7. The van der Waals surface area contributed by atoms with E-state index in [1.807, 2.05) is 38.1 Å². The molecule has 2 aromatic carbocycles. The van der Waals surface area contributed by atoms with E-state index in [0.717, 1.165) is 38.4 Å². The molecule has 0 unspecified atom stereocenters. The van der Waals surface area contributed by atoms with Crippen LogP contribution < -0.4 is 5.32 Å². The summed E-state index contributed by atoms with van der Waals surface area (Å²) in [5.41, 5.74) is 4.71. The first-order valence-electron chi connectivity index (χ1n) is 8.04. The highest BCUT2D eigenvalue weighted by atomic mass is 32.2. The van der Waals surface area contributed by atoms with Crippen molar-refractivity contribution in [3.63, 3.8) is 0 Å². The molecule has 0 fully saturated rings. The lowest BCUT2D eigenvalue weighted by molar-refractivity contribution is 0.0997. The molecule has 0 aliphatic rings. The molecule has 0 bridgehead atoms. The molecule has 1 N–H and O–H groups in total. The minimum atomic E-state index is -0.204. The van der Waals surface area contributed by atoms with Crippen LogP contribution in [0.1, 0.15) is 34.2 Å². The molecule has 0 atom stereocenters. The van der Waals surface area contributed by atoms with Crippen LogP contribution in [0.5, 0.6) is 0 Å². The first-order chi connectivity index (χ1) is 11.5. The van der Waals surface area contributed by atoms with Crippen molar-refractivity contribution in [1.29, 1.82) is 0 Å². The van der Waals surface area contributed by atoms with Gasteiger partial charge < -0.3 is 9.73 Å². The van der Waals surface area contributed by atoms with Gasteiger partial charge >= 0.3 is 0 Å². The van der Waals surface area contributed by atoms with Crippen molar-refractivity contribution in [3.05, 3.63) is 58.8 Å². The maximum Gasteiger partial charge on any atom is 0.291 e. The van der Waals surface area contributed by atoms with E-state index in [0.29, 0.717) is 5.76 Å². The number of rotatable bonds is 4. The molecule has 1 aromatic heterocycles. The number of thioether (sulfide) groups is 1. The van der Waals surface area contributed by atoms with Crippen LogP contribution in [0.15, 0.2) is 45.7 Å². The molecule has 3 aromatic rings. The summed E-state index contributed by atoms with van der Waals surface area (Å²) in [7, 11) is 0. The fourth-order valence-corrected chi connectivity index (χ4v) is 3.68. The second-order valence-corrected chi connectivity index (χ2v) is 7.20. The molecule has 4 heteroatoms. The molecule has 1 amide bonds. The van der Waals surface area contributed by atoms with Crippen LogP contribution >= 0.6 is 11.8 Å². The highest BCUT2D eigenvalue weighted by Gasteiger charge is 2.19. The third-order valence-corrected chi connectivity index (χ3v) is 4.96. The molecule has 0 aliphatic carbocycles. The van der Waals surface area contributed by atoms with Gasteiger partial charge in [0.25, 0.3) is 5.91 Å². The van der Waals surface area contributed by atoms with Gasteiger partial charge in [-0.15, -0.1) is 11.8 Å². The van der Waals surface area contributed by atoms with E-state index in [4.69, 9.17) is 4.42 Å². The van der Waals surface area contributed by atoms with Gasteiger partial charge in [-0.1, -0.05) is 25.1 Å². The Morgan fingerprint density at radius 2 is 1.92 bits per heavy atom. The lowest BCUT2D eigenvalue weighted by Gasteiger charge is -2.09. The second kappa shape index (κ2) is 6.73. The largest absolute Gasteiger partial charge is 0.450 e. The van der Waals surface area contributed by atoms with Gasteiger partial charge in [0, 0.05) is 15.8 Å². The number of para-hydroxylation sites is 1. The van der Waals surface area contributed by atoms with Crippen LogP contribution in [-0.2, 0) is 0 Å². The number of benzene rings is 2. The molecule has 0 spiro atoms. The van der Waals surface area contributed by atoms with Crippen LogP contribution in [0.3, 0.4) is 0 Å². The molecular formula is C20H21NO2S. The SMILES string of the molecule is CCSc1ccccc1NC(=O)c1oc2c(C)cc(C)cc2c1C. The number of nitrogens with one attached hydrogen (secondary N) is 1. The number of fused-ring (bicyclic) bond motifs is 1. The fraction of sp³-hybridized carbons (Fsp3) is 0.250. The van der Waals surface area contributed by atoms with Crippen molar-refractivity contribution in [2.24, 2.45) is 0 Å². The Hall–Kier alpha value is -2.20. The normalized spacial score (nSPS) is 11.0. The monoisotopic (exact) mass is 339 g/mol. The number of anilines is 1. The topological polar surface area (TPSA) is 42.2 Å². The van der Waals surface area contributed by atoms with Gasteiger partial charge in [-0.3, -0.25) is 4.79 Å². The number of hydrogen-bond acceptors (Lipinski definition) is 3. The van der Waals surface area contributed by atoms with E-state index in [-0.39, 0.29) is 5.91 Å². The van der Waals surface area contributed by atoms with Crippen molar-refractivity contribution in [2.45, 2.75) is 32.6 Å². The van der Waals surface area contributed by atoms with Gasteiger partial charge in [0.2, 0.25) is 0 Å². The number of aryl methyl sites for hydroxylation is 3. The Labute approximate surface area is 146 Å². The third kappa shape index (κ3) is 3.06. The molecule has 0 aliphatic heterocycles. The summed E-state index contributed by atoms with van der Waals surface area (Å²) in [6.45, 7) is 8.09. The van der Waals surface area contributed by atoms with Crippen LogP contribution in [0.25, 0.3) is 11.0 Å². The molecule has 1 heterocycles. The van der Waals surface area contributed by atoms with Gasteiger partial charge in [-0.2, -0.15) is 0 Å². The summed E-state index contributed by atoms with van der Waals surface area (Å²) in [6, 6.07) is 12.0. The summed E-state index contributed by atoms with van der Waals surface area (Å²) in [6.07, 6.45) is 0. The van der Waals surface area contributed by atoms with E-state index in [1.54, 1.807) is 11.8 Å². The van der Waals surface area contributed by atoms with Gasteiger partial charge in [0.15, 0.2) is 5.76 Å². The summed E-state index contributed by atoms with van der Waals surface area (Å²) < 4.78 is 5.90. The Bertz CT molecular complexity index is 911. The van der Waals surface area contributed by atoms with Crippen LogP contribution in [0, 0.1) is 20.8 Å². The highest BCUT2D eigenvalue weighted by molar-refractivity contribution is 7.99. The average Bonchev–Trinajstić information content (AvgIpc) is 2.87. The van der Waals surface area contributed by atoms with Gasteiger partial charge in [-0.05, 0) is 55.9 Å². The maximum atomic E-state index is 12.7. The molecular weight excluding hydrogens is 318 g/mol. The predicted octanol–water partition coefficient (Wildman–Crippen LogP) is 5.72. The molecule has 0 saturated heterocycles. The lowest BCUT2D eigenvalue weighted by atomic mass is 10.1. The molecule has 3 nitrogen and oxygen atoms in total. The Morgan fingerprint density at radius 1 is 1.17 bits per heavy atom. The van der Waals surface area contributed by atoms with E-state index in [1.165, 1.54) is 5.56 Å². The zero-order valence-electron chi connectivity index (χ0n) is 14.4. The second-order valence-electron chi connectivity index (χ2n) is 5.90. The quantitative estimate of drug-likeness (QED) is 0.618. The number of carbonyl (C=O) groups is 1. The minimum Gasteiger partial charge on any atom is -0.450 e. The number of carbonyl (C=O) groups excluding carboxylic acids is 1. The fourth-order valence-electron chi connectivity index (χ4n) is 2.92. The summed E-state index contributed by atoms with van der Waals surface area (Å²) >= 11 is 1.71. The molecule has 24 heavy (non-hydrogen) atoms. The average molecular weight is 339 g/mol. The van der Waals surface area contributed by atoms with Crippen molar-refractivity contribution >= 4 is 34.3 Å². The summed E-state index contributed by atoms with van der Waals surface area (Å²) in [4.78, 5) is 13.8. The highest BCUT2D eigenvalue weighted by Crippen LogP contribution is 2.31. The minimum absolute atomic E-state index is 0.204. The summed E-state index contributed by atoms with van der Waals surface area (Å²) in [5.74, 6) is 1.13. The van der Waals surface area contributed by atoms with E-state index < -0.39 is 0 Å². The molecule has 0 saturated carbocycles. The molecule has 0 radical (unpaired) electrons. The van der Waals surface area contributed by atoms with Gasteiger partial charge in [-0.25, -0.2) is 0 Å². The lowest BCUT2D eigenvalue weighted by Crippen LogP contribution is -2.12.